The van der Waals surface area contributed by atoms with Crippen molar-refractivity contribution in [2.75, 3.05) is 36.1 Å². The van der Waals surface area contributed by atoms with Crippen LogP contribution in [0.15, 0.2) is 41.3 Å². The summed E-state index contributed by atoms with van der Waals surface area (Å²) in [5.41, 5.74) is -0.144. The lowest BCUT2D eigenvalue weighted by molar-refractivity contribution is -0.116. The third kappa shape index (κ3) is 5.90. The standard InChI is InChI=1S/C22H27F2N3O6S2/c1-15(27(34(3,29)30)17-8-9-18(23)19(24)14-17)22(28)25-16-7-10-20(33-2)21(13-16)35(31,32)26-11-5-4-6-12-26/h7-10,13-15H,4-6,11-12H2,1-3H3,(H,25,28)/t15-/m1/s1. The van der Waals surface area contributed by atoms with Gasteiger partial charge >= 0.3 is 0 Å². The van der Waals surface area contributed by atoms with Crippen molar-refractivity contribution in [1.29, 1.82) is 0 Å². The number of anilines is 2. The Kier molecular flexibility index (Phi) is 8.02. The summed E-state index contributed by atoms with van der Waals surface area (Å²) in [6.45, 7) is 2.01. The number of rotatable bonds is 8. The van der Waals surface area contributed by atoms with Gasteiger partial charge in [-0.3, -0.25) is 9.10 Å². The Hall–Kier alpha value is -2.77. The Morgan fingerprint density at radius 1 is 1.03 bits per heavy atom. The van der Waals surface area contributed by atoms with Crippen LogP contribution in [0.1, 0.15) is 26.2 Å². The molecule has 1 atom stereocenters. The molecule has 1 fully saturated rings. The van der Waals surface area contributed by atoms with E-state index >= 15 is 0 Å². The van der Waals surface area contributed by atoms with Crippen LogP contribution in [0.3, 0.4) is 0 Å². The molecule has 2 aromatic carbocycles. The lowest BCUT2D eigenvalue weighted by Crippen LogP contribution is -2.45. The fraction of sp³-hybridized carbons (Fsp3) is 0.409. The minimum Gasteiger partial charge on any atom is -0.495 e. The molecule has 0 bridgehead atoms. The number of amides is 1. The van der Waals surface area contributed by atoms with E-state index in [1.165, 1.54) is 36.5 Å². The number of hydrogen-bond donors (Lipinski definition) is 1. The van der Waals surface area contributed by atoms with Crippen LogP contribution in [0.5, 0.6) is 5.75 Å². The van der Waals surface area contributed by atoms with Gasteiger partial charge in [0.25, 0.3) is 0 Å². The van der Waals surface area contributed by atoms with Crippen LogP contribution in [0, 0.1) is 11.6 Å². The van der Waals surface area contributed by atoms with E-state index in [-0.39, 0.29) is 22.0 Å². The van der Waals surface area contributed by atoms with E-state index in [4.69, 9.17) is 4.74 Å². The van der Waals surface area contributed by atoms with Gasteiger partial charge in [-0.1, -0.05) is 6.42 Å². The minimum absolute atomic E-state index is 0.0944. The fourth-order valence-electron chi connectivity index (χ4n) is 3.88. The summed E-state index contributed by atoms with van der Waals surface area (Å²) in [5, 5.41) is 2.51. The second-order valence-corrected chi connectivity index (χ2v) is 11.9. The van der Waals surface area contributed by atoms with Crippen LogP contribution in [0.25, 0.3) is 0 Å². The van der Waals surface area contributed by atoms with E-state index in [1.807, 2.05) is 0 Å². The molecule has 1 saturated heterocycles. The highest BCUT2D eigenvalue weighted by atomic mass is 32.2. The molecule has 0 saturated carbocycles. The van der Waals surface area contributed by atoms with E-state index < -0.39 is 43.6 Å². The summed E-state index contributed by atoms with van der Waals surface area (Å²) in [6, 6.07) is 5.15. The van der Waals surface area contributed by atoms with Gasteiger partial charge in [0.1, 0.15) is 16.7 Å². The molecule has 2 aromatic rings. The maximum absolute atomic E-state index is 13.8. The molecule has 1 aliphatic rings. The van der Waals surface area contributed by atoms with E-state index in [2.05, 4.69) is 5.32 Å². The number of sulfonamides is 2. The number of piperidine rings is 1. The smallest absolute Gasteiger partial charge is 0.247 e. The van der Waals surface area contributed by atoms with Crippen molar-refractivity contribution in [3.05, 3.63) is 48.0 Å². The molecule has 1 amide bonds. The summed E-state index contributed by atoms with van der Waals surface area (Å²) in [7, 11) is -6.65. The molecule has 1 aliphatic heterocycles. The highest BCUT2D eigenvalue weighted by molar-refractivity contribution is 7.92. The number of hydrogen-bond acceptors (Lipinski definition) is 6. The number of carbonyl (C=O) groups is 1. The first-order valence-electron chi connectivity index (χ1n) is 10.8. The number of nitrogens with one attached hydrogen (secondary N) is 1. The summed E-state index contributed by atoms with van der Waals surface area (Å²) in [5.74, 6) is -3.15. The van der Waals surface area contributed by atoms with Crippen molar-refractivity contribution in [3.63, 3.8) is 0 Å². The van der Waals surface area contributed by atoms with E-state index in [9.17, 15) is 30.4 Å². The minimum atomic E-state index is -4.08. The number of methoxy groups -OCH3 is 1. The highest BCUT2D eigenvalue weighted by Crippen LogP contribution is 2.31. The molecule has 13 heteroatoms. The first-order valence-corrected chi connectivity index (χ1v) is 14.1. The highest BCUT2D eigenvalue weighted by Gasteiger charge is 2.32. The van der Waals surface area contributed by atoms with Gasteiger partial charge in [0.05, 0.1) is 19.1 Å². The van der Waals surface area contributed by atoms with Gasteiger partial charge in [-0.15, -0.1) is 0 Å². The summed E-state index contributed by atoms with van der Waals surface area (Å²) in [4.78, 5) is 12.8. The molecule has 0 aliphatic carbocycles. The Balaban J connectivity index is 1.92. The van der Waals surface area contributed by atoms with Gasteiger partial charge in [0.2, 0.25) is 26.0 Å². The van der Waals surface area contributed by atoms with Gasteiger partial charge in [-0.25, -0.2) is 25.6 Å². The van der Waals surface area contributed by atoms with Gasteiger partial charge in [0.15, 0.2) is 11.6 Å². The van der Waals surface area contributed by atoms with Gasteiger partial charge < -0.3 is 10.1 Å². The Morgan fingerprint density at radius 2 is 1.69 bits per heavy atom. The Labute approximate surface area is 203 Å². The van der Waals surface area contributed by atoms with Crippen LogP contribution in [-0.4, -0.2) is 59.5 Å². The molecular weight excluding hydrogens is 504 g/mol. The SMILES string of the molecule is COc1ccc(NC(=O)[C@@H](C)N(c2ccc(F)c(F)c2)S(C)(=O)=O)cc1S(=O)(=O)N1CCCCC1. The van der Waals surface area contributed by atoms with E-state index in [1.54, 1.807) is 0 Å². The molecule has 3 rings (SSSR count). The van der Waals surface area contributed by atoms with Crippen molar-refractivity contribution in [3.8, 4) is 5.75 Å². The second kappa shape index (κ2) is 10.5. The second-order valence-electron chi connectivity index (χ2n) is 8.15. The third-order valence-electron chi connectivity index (χ3n) is 5.61. The number of nitrogens with zero attached hydrogens (tertiary/aromatic N) is 2. The average Bonchev–Trinajstić information content (AvgIpc) is 2.81. The number of ether oxygens (including phenoxy) is 1. The molecule has 1 N–H and O–H groups in total. The van der Waals surface area contributed by atoms with Crippen molar-refractivity contribution in [1.82, 2.24) is 4.31 Å². The molecule has 9 nitrogen and oxygen atoms in total. The van der Waals surface area contributed by atoms with Gasteiger partial charge in [0, 0.05) is 24.8 Å². The predicted molar refractivity (Wildman–Crippen MR) is 127 cm³/mol. The molecule has 0 aromatic heterocycles. The lowest BCUT2D eigenvalue weighted by atomic mass is 10.2. The van der Waals surface area contributed by atoms with Crippen LogP contribution >= 0.6 is 0 Å². The van der Waals surface area contributed by atoms with Crippen molar-refractivity contribution < 1.29 is 35.1 Å². The van der Waals surface area contributed by atoms with Crippen molar-refractivity contribution in [2.24, 2.45) is 0 Å². The number of benzene rings is 2. The molecule has 0 unspecified atom stereocenters. The Morgan fingerprint density at radius 3 is 2.26 bits per heavy atom. The zero-order valence-electron chi connectivity index (χ0n) is 19.5. The number of carbonyl (C=O) groups excluding carboxylic acids is 1. The first kappa shape index (κ1) is 26.8. The molecule has 1 heterocycles. The van der Waals surface area contributed by atoms with E-state index in [0.717, 1.165) is 37.7 Å². The Bertz CT molecular complexity index is 1310. The summed E-state index contributed by atoms with van der Waals surface area (Å²) >= 11 is 0. The van der Waals surface area contributed by atoms with E-state index in [0.29, 0.717) is 23.5 Å². The average molecular weight is 532 g/mol. The fourth-order valence-corrected chi connectivity index (χ4v) is 6.74. The summed E-state index contributed by atoms with van der Waals surface area (Å²) < 4.78 is 85.5. The zero-order chi connectivity index (χ0) is 26.0. The summed E-state index contributed by atoms with van der Waals surface area (Å²) in [6.07, 6.45) is 3.24. The molecule has 0 spiro atoms. The molecule has 192 valence electrons. The lowest BCUT2D eigenvalue weighted by Gasteiger charge is -2.28. The quantitative estimate of drug-likeness (QED) is 0.561. The van der Waals surface area contributed by atoms with Crippen molar-refractivity contribution >= 4 is 37.3 Å². The maximum Gasteiger partial charge on any atom is 0.247 e. The van der Waals surface area contributed by atoms with Crippen LogP contribution < -0.4 is 14.4 Å². The van der Waals surface area contributed by atoms with Gasteiger partial charge in [-0.2, -0.15) is 4.31 Å². The van der Waals surface area contributed by atoms with Crippen molar-refractivity contribution in [2.45, 2.75) is 37.1 Å². The molecule has 0 radical (unpaired) electrons. The van der Waals surface area contributed by atoms with Gasteiger partial charge in [-0.05, 0) is 50.1 Å². The molecular formula is C22H27F2N3O6S2. The largest absolute Gasteiger partial charge is 0.495 e. The molecule has 35 heavy (non-hydrogen) atoms. The third-order valence-corrected chi connectivity index (χ3v) is 8.77. The zero-order valence-corrected chi connectivity index (χ0v) is 21.1. The van der Waals surface area contributed by atoms with Crippen LogP contribution in [-0.2, 0) is 24.8 Å². The maximum atomic E-state index is 13.8. The normalized spacial score (nSPS) is 15.9. The van der Waals surface area contributed by atoms with Crippen LogP contribution in [0.2, 0.25) is 0 Å². The number of halogens is 2. The predicted octanol–water partition coefficient (Wildman–Crippen LogP) is 2.94. The topological polar surface area (TPSA) is 113 Å². The van der Waals surface area contributed by atoms with Crippen LogP contribution in [0.4, 0.5) is 20.2 Å². The first-order chi connectivity index (χ1) is 16.4. The monoisotopic (exact) mass is 531 g/mol.